The SMILES string of the molecule is CC.CCN=C/C(=C\N)c1cccc(C)c1. The van der Waals surface area contributed by atoms with Crippen LogP contribution in [-0.4, -0.2) is 12.8 Å². The van der Waals surface area contributed by atoms with Crippen LogP contribution in [0.3, 0.4) is 0 Å². The molecular formula is C14H22N2. The lowest BCUT2D eigenvalue weighted by molar-refractivity contribution is 1.14. The van der Waals surface area contributed by atoms with Crippen molar-refractivity contribution in [1.29, 1.82) is 0 Å². The largest absolute Gasteiger partial charge is 0.404 e. The average Bonchev–Trinajstić information content (AvgIpc) is 2.33. The maximum Gasteiger partial charge on any atom is 0.0361 e. The summed E-state index contributed by atoms with van der Waals surface area (Å²) >= 11 is 0. The summed E-state index contributed by atoms with van der Waals surface area (Å²) in [4.78, 5) is 4.18. The van der Waals surface area contributed by atoms with Crippen molar-refractivity contribution in [1.82, 2.24) is 0 Å². The quantitative estimate of drug-likeness (QED) is 0.776. The zero-order valence-corrected chi connectivity index (χ0v) is 10.7. The Balaban J connectivity index is 0.00000106. The van der Waals surface area contributed by atoms with Crippen molar-refractivity contribution in [2.75, 3.05) is 6.54 Å². The summed E-state index contributed by atoms with van der Waals surface area (Å²) in [5.41, 5.74) is 8.85. The Bertz CT molecular complexity index is 352. The molecule has 0 aliphatic heterocycles. The summed E-state index contributed by atoms with van der Waals surface area (Å²) in [6, 6.07) is 8.22. The average molecular weight is 218 g/mol. The molecule has 2 N–H and O–H groups in total. The number of allylic oxidation sites excluding steroid dienone is 1. The highest BCUT2D eigenvalue weighted by Gasteiger charge is 1.97. The van der Waals surface area contributed by atoms with E-state index in [4.69, 9.17) is 5.73 Å². The lowest BCUT2D eigenvalue weighted by Gasteiger charge is -2.01. The van der Waals surface area contributed by atoms with Crippen molar-refractivity contribution in [3.8, 4) is 0 Å². The van der Waals surface area contributed by atoms with Gasteiger partial charge in [0.2, 0.25) is 0 Å². The van der Waals surface area contributed by atoms with Crippen LogP contribution in [0.5, 0.6) is 0 Å². The zero-order valence-electron chi connectivity index (χ0n) is 10.7. The van der Waals surface area contributed by atoms with E-state index in [0.29, 0.717) is 0 Å². The minimum absolute atomic E-state index is 0.781. The van der Waals surface area contributed by atoms with Gasteiger partial charge in [0, 0.05) is 24.5 Å². The Morgan fingerprint density at radius 2 is 2.06 bits per heavy atom. The molecule has 0 fully saturated rings. The van der Waals surface area contributed by atoms with E-state index in [-0.39, 0.29) is 0 Å². The number of aryl methyl sites for hydroxylation is 1. The fourth-order valence-corrected chi connectivity index (χ4v) is 1.23. The van der Waals surface area contributed by atoms with E-state index in [1.807, 2.05) is 39.1 Å². The molecule has 0 unspecified atom stereocenters. The van der Waals surface area contributed by atoms with Crippen molar-refractivity contribution < 1.29 is 0 Å². The van der Waals surface area contributed by atoms with Crippen molar-refractivity contribution >= 4 is 11.8 Å². The Hall–Kier alpha value is -1.57. The maximum absolute atomic E-state index is 5.54. The van der Waals surface area contributed by atoms with Crippen molar-refractivity contribution in [3.05, 3.63) is 41.6 Å². The summed E-state index contributed by atoms with van der Waals surface area (Å²) in [6.45, 7) is 8.85. The molecule has 0 radical (unpaired) electrons. The van der Waals surface area contributed by atoms with Crippen molar-refractivity contribution in [3.63, 3.8) is 0 Å². The highest BCUT2D eigenvalue weighted by Crippen LogP contribution is 2.12. The topological polar surface area (TPSA) is 38.4 Å². The van der Waals surface area contributed by atoms with Crippen LogP contribution in [0.25, 0.3) is 5.57 Å². The summed E-state index contributed by atoms with van der Waals surface area (Å²) in [5.74, 6) is 0. The van der Waals surface area contributed by atoms with Gasteiger partial charge in [-0.2, -0.15) is 0 Å². The molecule has 0 atom stereocenters. The summed E-state index contributed by atoms with van der Waals surface area (Å²) < 4.78 is 0. The third-order valence-corrected chi connectivity index (χ3v) is 1.94. The molecule has 88 valence electrons. The number of nitrogens with zero attached hydrogens (tertiary/aromatic N) is 1. The predicted octanol–water partition coefficient (Wildman–Crippen LogP) is 3.41. The molecule has 0 saturated heterocycles. The molecule has 0 amide bonds. The number of rotatable bonds is 3. The van der Waals surface area contributed by atoms with Gasteiger partial charge in [0.05, 0.1) is 0 Å². The first-order chi connectivity index (χ1) is 7.77. The summed E-state index contributed by atoms with van der Waals surface area (Å²) in [7, 11) is 0. The van der Waals surface area contributed by atoms with E-state index in [2.05, 4.69) is 24.0 Å². The summed E-state index contributed by atoms with van der Waals surface area (Å²) in [6.07, 6.45) is 3.41. The van der Waals surface area contributed by atoms with E-state index in [1.165, 1.54) is 5.56 Å². The van der Waals surface area contributed by atoms with Gasteiger partial charge in [0.25, 0.3) is 0 Å². The van der Waals surface area contributed by atoms with Gasteiger partial charge in [-0.25, -0.2) is 0 Å². The number of hydrogen-bond donors (Lipinski definition) is 1. The molecule has 0 heterocycles. The number of nitrogens with two attached hydrogens (primary N) is 1. The molecule has 0 saturated carbocycles. The number of aliphatic imine (C=N–C) groups is 1. The van der Waals surface area contributed by atoms with E-state index in [0.717, 1.165) is 17.7 Å². The van der Waals surface area contributed by atoms with E-state index in [1.54, 1.807) is 6.20 Å². The molecule has 16 heavy (non-hydrogen) atoms. The molecule has 0 bridgehead atoms. The first-order valence-electron chi connectivity index (χ1n) is 5.76. The van der Waals surface area contributed by atoms with Crippen LogP contribution in [0.1, 0.15) is 31.9 Å². The van der Waals surface area contributed by atoms with Crippen LogP contribution in [0.4, 0.5) is 0 Å². The number of benzene rings is 1. The molecule has 0 aromatic heterocycles. The molecular weight excluding hydrogens is 196 g/mol. The third kappa shape index (κ3) is 4.78. The Morgan fingerprint density at radius 1 is 1.38 bits per heavy atom. The van der Waals surface area contributed by atoms with Gasteiger partial charge in [0.1, 0.15) is 0 Å². The van der Waals surface area contributed by atoms with Crippen LogP contribution in [-0.2, 0) is 0 Å². The lowest BCUT2D eigenvalue weighted by Crippen LogP contribution is -1.92. The normalized spacial score (nSPS) is 11.1. The van der Waals surface area contributed by atoms with E-state index >= 15 is 0 Å². The smallest absolute Gasteiger partial charge is 0.0361 e. The monoisotopic (exact) mass is 218 g/mol. The Labute approximate surface area is 98.9 Å². The van der Waals surface area contributed by atoms with Crippen LogP contribution >= 0.6 is 0 Å². The first kappa shape index (κ1) is 14.4. The van der Waals surface area contributed by atoms with E-state index < -0.39 is 0 Å². The second-order valence-corrected chi connectivity index (χ2v) is 3.12. The van der Waals surface area contributed by atoms with Crippen LogP contribution in [0.2, 0.25) is 0 Å². The van der Waals surface area contributed by atoms with Gasteiger partial charge in [-0.3, -0.25) is 4.99 Å². The fraction of sp³-hybridized carbons (Fsp3) is 0.357. The second-order valence-electron chi connectivity index (χ2n) is 3.12. The minimum atomic E-state index is 0.781. The first-order valence-corrected chi connectivity index (χ1v) is 5.76. The van der Waals surface area contributed by atoms with Crippen LogP contribution in [0.15, 0.2) is 35.5 Å². The van der Waals surface area contributed by atoms with Gasteiger partial charge in [-0.15, -0.1) is 0 Å². The highest BCUT2D eigenvalue weighted by atomic mass is 14.7. The van der Waals surface area contributed by atoms with Gasteiger partial charge in [-0.1, -0.05) is 43.7 Å². The third-order valence-electron chi connectivity index (χ3n) is 1.94. The molecule has 2 heteroatoms. The molecule has 1 rings (SSSR count). The zero-order chi connectivity index (χ0) is 12.4. The molecule has 0 aliphatic carbocycles. The Kier molecular flexibility index (Phi) is 7.86. The van der Waals surface area contributed by atoms with E-state index in [9.17, 15) is 0 Å². The molecule has 0 spiro atoms. The Morgan fingerprint density at radius 3 is 2.56 bits per heavy atom. The number of hydrogen-bond acceptors (Lipinski definition) is 2. The van der Waals surface area contributed by atoms with Gasteiger partial charge in [-0.05, 0) is 19.4 Å². The minimum Gasteiger partial charge on any atom is -0.404 e. The molecule has 0 aliphatic rings. The molecule has 1 aromatic rings. The predicted molar refractivity (Wildman–Crippen MR) is 73.7 cm³/mol. The van der Waals surface area contributed by atoms with Gasteiger partial charge < -0.3 is 5.73 Å². The van der Waals surface area contributed by atoms with Crippen molar-refractivity contribution in [2.45, 2.75) is 27.7 Å². The maximum atomic E-state index is 5.54. The standard InChI is InChI=1S/C12H16N2.C2H6/c1-3-14-9-12(8-13)11-6-4-5-10(2)7-11;1-2/h4-9H,3,13H2,1-2H3;1-2H3/b12-8+,14-9?;. The molecule has 2 nitrogen and oxygen atoms in total. The van der Waals surface area contributed by atoms with Crippen LogP contribution < -0.4 is 5.73 Å². The van der Waals surface area contributed by atoms with Crippen LogP contribution in [0, 0.1) is 6.92 Å². The highest BCUT2D eigenvalue weighted by molar-refractivity contribution is 6.09. The molecule has 1 aromatic carbocycles. The lowest BCUT2D eigenvalue weighted by atomic mass is 10.1. The second kappa shape index (κ2) is 8.72. The fourth-order valence-electron chi connectivity index (χ4n) is 1.23. The van der Waals surface area contributed by atoms with Gasteiger partial charge in [0.15, 0.2) is 0 Å². The van der Waals surface area contributed by atoms with Crippen molar-refractivity contribution in [2.24, 2.45) is 10.7 Å². The van der Waals surface area contributed by atoms with Gasteiger partial charge >= 0.3 is 0 Å². The summed E-state index contributed by atoms with van der Waals surface area (Å²) in [5, 5.41) is 0.